The van der Waals surface area contributed by atoms with E-state index in [9.17, 15) is 18.4 Å². The zero-order valence-electron chi connectivity index (χ0n) is 26.4. The summed E-state index contributed by atoms with van der Waals surface area (Å²) >= 11 is 0. The molecule has 0 fully saturated rings. The number of benzene rings is 1. The fourth-order valence-electron chi connectivity index (χ4n) is 5.60. The third kappa shape index (κ3) is 6.75. The smallest absolute Gasteiger partial charge is 0.291 e. The van der Waals surface area contributed by atoms with Crippen molar-refractivity contribution < 1.29 is 27.5 Å². The van der Waals surface area contributed by atoms with E-state index in [0.717, 1.165) is 34.7 Å². The van der Waals surface area contributed by atoms with Crippen LogP contribution in [0.4, 0.5) is 20.4 Å². The van der Waals surface area contributed by atoms with Crippen molar-refractivity contribution in [2.75, 3.05) is 24.3 Å². The Kier molecular flexibility index (Phi) is 8.30. The average Bonchev–Trinajstić information content (AvgIpc) is 3.49. The number of amides is 1. The Balaban J connectivity index is 1.24. The number of nitrogens with zero attached hydrogens (tertiary/aromatic N) is 2. The number of carbonyl (C=O) groups is 1. The number of H-pyrrole nitrogens is 1. The summed E-state index contributed by atoms with van der Waals surface area (Å²) in [5.74, 6) is -3.02. The van der Waals surface area contributed by atoms with Gasteiger partial charge in [0.1, 0.15) is 11.5 Å². The number of aromatic nitrogens is 3. The Morgan fingerprint density at radius 2 is 1.80 bits per heavy atom. The number of carbonyl (C=O) groups excluding carboxylic acids is 1. The van der Waals surface area contributed by atoms with Gasteiger partial charge in [0.25, 0.3) is 17.4 Å². The van der Waals surface area contributed by atoms with Crippen molar-refractivity contribution in [1.82, 2.24) is 15.0 Å². The van der Waals surface area contributed by atoms with Gasteiger partial charge < -0.3 is 24.5 Å². The van der Waals surface area contributed by atoms with E-state index in [2.05, 4.69) is 65.4 Å². The normalized spacial score (nSPS) is 15.0. The van der Waals surface area contributed by atoms with Gasteiger partial charge in [-0.15, -0.1) is 0 Å². The Labute approximate surface area is 259 Å². The van der Waals surface area contributed by atoms with Crippen molar-refractivity contribution in [3.63, 3.8) is 0 Å². The highest BCUT2D eigenvalue weighted by atomic mass is 19.3. The van der Waals surface area contributed by atoms with Crippen LogP contribution in [0.5, 0.6) is 5.88 Å². The van der Waals surface area contributed by atoms with Gasteiger partial charge in [-0.05, 0) is 87.1 Å². The quantitative estimate of drug-likeness (QED) is 0.191. The van der Waals surface area contributed by atoms with Crippen molar-refractivity contribution in [2.45, 2.75) is 71.5 Å². The van der Waals surface area contributed by atoms with Gasteiger partial charge in [-0.1, -0.05) is 18.2 Å². The van der Waals surface area contributed by atoms with Crippen molar-refractivity contribution in [3.05, 3.63) is 98.0 Å². The van der Waals surface area contributed by atoms with E-state index >= 15 is 0 Å². The fourth-order valence-corrected chi connectivity index (χ4v) is 5.60. The van der Waals surface area contributed by atoms with Crippen LogP contribution in [0.25, 0.3) is 0 Å². The second-order valence-corrected chi connectivity index (χ2v) is 12.3. The number of aryl methyl sites for hydroxylation is 1. The van der Waals surface area contributed by atoms with Crippen LogP contribution >= 0.6 is 0 Å². The molecule has 3 N–H and O–H groups in total. The van der Waals surface area contributed by atoms with Gasteiger partial charge in [0.2, 0.25) is 11.8 Å². The predicted octanol–water partition coefficient (Wildman–Crippen LogP) is 6.18. The number of rotatable bonds is 10. The van der Waals surface area contributed by atoms with Crippen molar-refractivity contribution in [3.8, 4) is 5.88 Å². The summed E-state index contributed by atoms with van der Waals surface area (Å²) in [4.78, 5) is 36.5. The topological polar surface area (TPSA) is 131 Å². The molecule has 3 aromatic heterocycles. The van der Waals surface area contributed by atoms with Crippen LogP contribution in [-0.4, -0.2) is 34.5 Å². The summed E-state index contributed by atoms with van der Waals surface area (Å²) < 4.78 is 44.2. The minimum atomic E-state index is -3.01. The first-order chi connectivity index (χ1) is 21.1. The first-order valence-corrected chi connectivity index (χ1v) is 14.6. The summed E-state index contributed by atoms with van der Waals surface area (Å²) in [6, 6.07) is 10.4. The predicted molar refractivity (Wildman–Crippen MR) is 165 cm³/mol. The lowest BCUT2D eigenvalue weighted by Gasteiger charge is -2.24. The highest BCUT2D eigenvalue weighted by Gasteiger charge is 2.43. The number of furan rings is 1. The van der Waals surface area contributed by atoms with E-state index in [1.165, 1.54) is 19.4 Å². The summed E-state index contributed by atoms with van der Waals surface area (Å²) in [5, 5.41) is 5.50. The van der Waals surface area contributed by atoms with Crippen LogP contribution in [0.3, 0.4) is 0 Å². The number of hydrogen-bond acceptors (Lipinski definition) is 8. The minimum Gasteiger partial charge on any atom is -0.479 e. The number of anilines is 2. The number of halogens is 2. The van der Waals surface area contributed by atoms with E-state index in [-0.39, 0.29) is 34.6 Å². The van der Waals surface area contributed by atoms with Crippen LogP contribution in [0.1, 0.15) is 84.4 Å². The lowest BCUT2D eigenvalue weighted by atomic mass is 9.86. The summed E-state index contributed by atoms with van der Waals surface area (Å²) in [7, 11) is 1.33. The number of nitrogens with one attached hydrogen (secondary N) is 3. The number of pyridine rings is 1. The first kappa shape index (κ1) is 31.8. The Morgan fingerprint density at radius 3 is 2.44 bits per heavy atom. The van der Waals surface area contributed by atoms with Crippen LogP contribution < -0.4 is 20.9 Å². The Bertz CT molecular complexity index is 1790. The molecule has 0 radical (unpaired) electrons. The molecule has 1 aliphatic rings. The van der Waals surface area contributed by atoms with Gasteiger partial charge in [0.15, 0.2) is 11.4 Å². The molecule has 1 aliphatic heterocycles. The number of hydrogen-bond donors (Lipinski definition) is 3. The van der Waals surface area contributed by atoms with Gasteiger partial charge >= 0.3 is 0 Å². The Hall–Kier alpha value is -4.58. The molecule has 238 valence electrons. The van der Waals surface area contributed by atoms with Crippen LogP contribution in [0.2, 0.25) is 0 Å². The Morgan fingerprint density at radius 1 is 1.09 bits per heavy atom. The average molecular weight is 622 g/mol. The van der Waals surface area contributed by atoms with Gasteiger partial charge in [-0.2, -0.15) is 13.8 Å². The molecular formula is C33H37F2N5O5. The van der Waals surface area contributed by atoms with Crippen molar-refractivity contribution >= 4 is 17.5 Å². The van der Waals surface area contributed by atoms with E-state index in [1.807, 2.05) is 6.92 Å². The highest BCUT2D eigenvalue weighted by Crippen LogP contribution is 2.47. The number of aromatic amines is 1. The van der Waals surface area contributed by atoms with Crippen LogP contribution in [-0.2, 0) is 34.7 Å². The molecule has 5 rings (SSSR count). The maximum Gasteiger partial charge on any atom is 0.291 e. The number of fused-ring (bicyclic) bond motifs is 1. The van der Waals surface area contributed by atoms with Gasteiger partial charge in [0.05, 0.1) is 18.3 Å². The molecule has 0 spiro atoms. The molecule has 45 heavy (non-hydrogen) atoms. The molecule has 0 saturated heterocycles. The molecule has 1 amide bonds. The van der Waals surface area contributed by atoms with Gasteiger partial charge in [-0.3, -0.25) is 19.6 Å². The third-order valence-electron chi connectivity index (χ3n) is 7.83. The molecular weight excluding hydrogens is 584 g/mol. The number of ether oxygens (including phenoxy) is 2. The van der Waals surface area contributed by atoms with Crippen molar-refractivity contribution in [2.24, 2.45) is 0 Å². The minimum absolute atomic E-state index is 0.0257. The molecule has 0 aliphatic carbocycles. The molecule has 0 atom stereocenters. The molecule has 12 heteroatoms. The fraction of sp³-hybridized carbons (Fsp3) is 0.394. The summed E-state index contributed by atoms with van der Waals surface area (Å²) in [6.45, 7) is 11.4. The maximum atomic E-state index is 13.4. The molecule has 10 nitrogen and oxygen atoms in total. The van der Waals surface area contributed by atoms with Gasteiger partial charge in [0, 0.05) is 26.1 Å². The molecule has 0 unspecified atom stereocenters. The second kappa shape index (κ2) is 11.7. The van der Waals surface area contributed by atoms with Crippen LogP contribution in [0, 0.1) is 6.92 Å². The lowest BCUT2D eigenvalue weighted by Crippen LogP contribution is -2.23. The zero-order chi connectivity index (χ0) is 32.7. The molecule has 4 heterocycles. The van der Waals surface area contributed by atoms with Gasteiger partial charge in [-0.25, -0.2) is 0 Å². The molecule has 4 aromatic rings. The molecule has 0 saturated carbocycles. The summed E-state index contributed by atoms with van der Waals surface area (Å²) in [5.41, 5.74) is 3.23. The highest BCUT2D eigenvalue weighted by molar-refractivity contribution is 6.02. The summed E-state index contributed by atoms with van der Waals surface area (Å²) in [6.07, 6.45) is 2.29. The standard InChI is InChI=1S/C33H37F2N5O5/c1-18-14-22-23(32(4,5)45-31(22,2)3)16-20(18)15-21-9-10-24(44-21)27(41)38-26-28(42)39-30(40-29(26)43-7)36-13-12-19-8-11-25(37-17-19)33(6,34)35/h8-11,14,16-17H,12-13,15H2,1-7H3,(H,38,41)(H2,36,39,40,42). The molecule has 1 aromatic carbocycles. The number of methoxy groups -OCH3 is 1. The maximum absolute atomic E-state index is 13.4. The monoisotopic (exact) mass is 621 g/mol. The second-order valence-electron chi connectivity index (χ2n) is 12.3. The first-order valence-electron chi connectivity index (χ1n) is 14.6. The number of alkyl halides is 2. The zero-order valence-corrected chi connectivity index (χ0v) is 26.4. The molecule has 0 bridgehead atoms. The SMILES string of the molecule is COc1nc(NCCc2ccc(C(C)(F)F)nc2)[nH]c(=O)c1NC(=O)c1ccc(Cc2cc3c(cc2C)C(C)(C)OC3(C)C)o1. The van der Waals surface area contributed by atoms with E-state index in [1.54, 1.807) is 18.2 Å². The van der Waals surface area contributed by atoms with E-state index < -0.39 is 23.0 Å². The van der Waals surface area contributed by atoms with Crippen molar-refractivity contribution in [1.29, 1.82) is 0 Å². The van der Waals surface area contributed by atoms with Crippen LogP contribution in [0.15, 0.2) is 51.8 Å². The third-order valence-corrected chi connectivity index (χ3v) is 7.83. The van der Waals surface area contributed by atoms with E-state index in [0.29, 0.717) is 25.1 Å². The lowest BCUT2D eigenvalue weighted by molar-refractivity contribution is -0.105. The van der Waals surface area contributed by atoms with E-state index in [4.69, 9.17) is 13.9 Å². The largest absolute Gasteiger partial charge is 0.479 e.